The Labute approximate surface area is 162 Å². The number of amides is 2. The van der Waals surface area contributed by atoms with Gasteiger partial charge in [0.15, 0.2) is 5.76 Å². The highest BCUT2D eigenvalue weighted by molar-refractivity contribution is 6.30. The Morgan fingerprint density at radius 1 is 1.15 bits per heavy atom. The summed E-state index contributed by atoms with van der Waals surface area (Å²) in [6, 6.07) is 6.92. The number of hydrogen-bond donors (Lipinski definition) is 1. The highest BCUT2D eigenvalue weighted by Gasteiger charge is 2.31. The fraction of sp³-hybridized carbons (Fsp3) is 0.421. The maximum Gasteiger partial charge on any atom is 0.259 e. The van der Waals surface area contributed by atoms with Gasteiger partial charge in [-0.2, -0.15) is 0 Å². The number of benzene rings is 1. The lowest BCUT2D eigenvalue weighted by atomic mass is 10.0. The van der Waals surface area contributed by atoms with E-state index in [9.17, 15) is 14.7 Å². The Hall–Kier alpha value is -2.38. The maximum absolute atomic E-state index is 13.3. The maximum atomic E-state index is 13.3. The predicted molar refractivity (Wildman–Crippen MR) is 100 cm³/mol. The van der Waals surface area contributed by atoms with Crippen LogP contribution in [-0.2, 0) is 4.79 Å². The van der Waals surface area contributed by atoms with E-state index in [-0.39, 0.29) is 23.1 Å². The summed E-state index contributed by atoms with van der Waals surface area (Å²) in [5, 5.41) is 14.6. The van der Waals surface area contributed by atoms with Crippen LogP contribution in [-0.4, -0.2) is 58.1 Å². The van der Waals surface area contributed by atoms with E-state index in [1.54, 1.807) is 34.1 Å². The molecular formula is C19H22ClN3O4. The molecule has 1 N–H and O–H groups in total. The van der Waals surface area contributed by atoms with Crippen LogP contribution < -0.4 is 0 Å². The second-order valence-corrected chi connectivity index (χ2v) is 7.04. The molecule has 2 heterocycles. The SMILES string of the molecule is CC(=O)N1CCCN(C(=O)c2c(-c3ccc(Cl)cc3)noc2C(C)O)CC1. The lowest BCUT2D eigenvalue weighted by Crippen LogP contribution is -2.37. The molecule has 27 heavy (non-hydrogen) atoms. The van der Waals surface area contributed by atoms with E-state index in [2.05, 4.69) is 5.16 Å². The molecule has 0 saturated carbocycles. The van der Waals surface area contributed by atoms with Crippen LogP contribution in [0.3, 0.4) is 0 Å². The minimum absolute atomic E-state index is 0.000740. The molecule has 1 aliphatic rings. The fourth-order valence-electron chi connectivity index (χ4n) is 3.19. The van der Waals surface area contributed by atoms with Crippen molar-refractivity contribution in [2.45, 2.75) is 26.4 Å². The zero-order chi connectivity index (χ0) is 19.6. The first kappa shape index (κ1) is 19.4. The third-order valence-corrected chi connectivity index (χ3v) is 4.91. The number of hydrogen-bond acceptors (Lipinski definition) is 5. The molecule has 0 aliphatic carbocycles. The Bertz CT molecular complexity index is 832. The molecule has 0 bridgehead atoms. The molecule has 2 amide bonds. The molecule has 1 aromatic carbocycles. The van der Waals surface area contributed by atoms with E-state index in [0.717, 1.165) is 0 Å². The second kappa shape index (κ2) is 8.10. The molecule has 3 rings (SSSR count). The summed E-state index contributed by atoms with van der Waals surface area (Å²) in [6.07, 6.45) is -0.283. The van der Waals surface area contributed by atoms with Gasteiger partial charge in [0.1, 0.15) is 17.4 Å². The Balaban J connectivity index is 1.94. The molecular weight excluding hydrogens is 370 g/mol. The number of rotatable bonds is 3. The molecule has 8 heteroatoms. The molecule has 1 aromatic heterocycles. The summed E-state index contributed by atoms with van der Waals surface area (Å²) >= 11 is 5.95. The number of aromatic nitrogens is 1. The number of carbonyl (C=O) groups is 2. The Kier molecular flexibility index (Phi) is 5.82. The quantitative estimate of drug-likeness (QED) is 0.869. The Morgan fingerprint density at radius 3 is 2.41 bits per heavy atom. The Morgan fingerprint density at radius 2 is 1.78 bits per heavy atom. The lowest BCUT2D eigenvalue weighted by Gasteiger charge is -2.21. The summed E-state index contributed by atoms with van der Waals surface area (Å²) in [6.45, 7) is 5.10. The van der Waals surface area contributed by atoms with Gasteiger partial charge < -0.3 is 19.4 Å². The van der Waals surface area contributed by atoms with E-state index < -0.39 is 6.10 Å². The number of aliphatic hydroxyl groups excluding tert-OH is 1. The minimum atomic E-state index is -0.974. The summed E-state index contributed by atoms with van der Waals surface area (Å²) in [5.74, 6) is -0.124. The second-order valence-electron chi connectivity index (χ2n) is 6.61. The average molecular weight is 392 g/mol. The van der Waals surface area contributed by atoms with Crippen LogP contribution in [0.4, 0.5) is 0 Å². The number of halogens is 1. The summed E-state index contributed by atoms with van der Waals surface area (Å²) in [5.41, 5.74) is 1.31. The molecule has 0 radical (unpaired) electrons. The van der Waals surface area contributed by atoms with E-state index in [4.69, 9.17) is 16.1 Å². The van der Waals surface area contributed by atoms with Crippen molar-refractivity contribution >= 4 is 23.4 Å². The van der Waals surface area contributed by atoms with Crippen LogP contribution in [0.5, 0.6) is 0 Å². The topological polar surface area (TPSA) is 86.9 Å². The van der Waals surface area contributed by atoms with Crippen molar-refractivity contribution in [3.63, 3.8) is 0 Å². The van der Waals surface area contributed by atoms with Crippen LogP contribution in [0, 0.1) is 0 Å². The van der Waals surface area contributed by atoms with Gasteiger partial charge in [-0.25, -0.2) is 0 Å². The first-order valence-corrected chi connectivity index (χ1v) is 9.24. The molecule has 1 aliphatic heterocycles. The molecule has 1 saturated heterocycles. The van der Waals surface area contributed by atoms with Gasteiger partial charge in [-0.3, -0.25) is 9.59 Å². The van der Waals surface area contributed by atoms with Gasteiger partial charge in [-0.1, -0.05) is 28.9 Å². The third kappa shape index (κ3) is 4.14. The summed E-state index contributed by atoms with van der Waals surface area (Å²) in [4.78, 5) is 28.3. The minimum Gasteiger partial charge on any atom is -0.385 e. The van der Waals surface area contributed by atoms with Crippen molar-refractivity contribution < 1.29 is 19.2 Å². The van der Waals surface area contributed by atoms with Crippen LogP contribution in [0.2, 0.25) is 5.02 Å². The summed E-state index contributed by atoms with van der Waals surface area (Å²) in [7, 11) is 0. The molecule has 1 unspecified atom stereocenters. The highest BCUT2D eigenvalue weighted by Crippen LogP contribution is 2.31. The monoisotopic (exact) mass is 391 g/mol. The van der Waals surface area contributed by atoms with Gasteiger partial charge in [-0.15, -0.1) is 0 Å². The largest absolute Gasteiger partial charge is 0.385 e. The van der Waals surface area contributed by atoms with Crippen LogP contribution in [0.15, 0.2) is 28.8 Å². The highest BCUT2D eigenvalue weighted by atomic mass is 35.5. The zero-order valence-electron chi connectivity index (χ0n) is 15.3. The normalized spacial score (nSPS) is 16.1. The average Bonchev–Trinajstić information content (AvgIpc) is 2.92. The summed E-state index contributed by atoms with van der Waals surface area (Å²) < 4.78 is 5.30. The first-order valence-electron chi connectivity index (χ1n) is 8.87. The van der Waals surface area contributed by atoms with E-state index in [1.165, 1.54) is 13.8 Å². The van der Waals surface area contributed by atoms with Gasteiger partial charge in [0, 0.05) is 43.7 Å². The van der Waals surface area contributed by atoms with Crippen molar-refractivity contribution in [2.24, 2.45) is 0 Å². The number of carbonyl (C=O) groups excluding carboxylic acids is 2. The van der Waals surface area contributed by atoms with E-state index in [0.29, 0.717) is 48.9 Å². The molecule has 1 fully saturated rings. The zero-order valence-corrected chi connectivity index (χ0v) is 16.1. The number of nitrogens with zero attached hydrogens (tertiary/aromatic N) is 3. The van der Waals surface area contributed by atoms with Crippen LogP contribution in [0.1, 0.15) is 42.5 Å². The van der Waals surface area contributed by atoms with E-state index in [1.807, 2.05) is 0 Å². The van der Waals surface area contributed by atoms with Gasteiger partial charge in [0.05, 0.1) is 0 Å². The lowest BCUT2D eigenvalue weighted by molar-refractivity contribution is -0.128. The molecule has 0 spiro atoms. The van der Waals surface area contributed by atoms with Crippen molar-refractivity contribution in [2.75, 3.05) is 26.2 Å². The molecule has 2 aromatic rings. The van der Waals surface area contributed by atoms with Gasteiger partial charge >= 0.3 is 0 Å². The third-order valence-electron chi connectivity index (χ3n) is 4.66. The molecule has 144 valence electrons. The van der Waals surface area contributed by atoms with E-state index >= 15 is 0 Å². The van der Waals surface area contributed by atoms with Gasteiger partial charge in [0.25, 0.3) is 5.91 Å². The van der Waals surface area contributed by atoms with Crippen LogP contribution in [0.25, 0.3) is 11.3 Å². The first-order chi connectivity index (χ1) is 12.9. The fourth-order valence-corrected chi connectivity index (χ4v) is 3.32. The molecule has 7 nitrogen and oxygen atoms in total. The van der Waals surface area contributed by atoms with Crippen molar-refractivity contribution in [1.29, 1.82) is 0 Å². The van der Waals surface area contributed by atoms with Gasteiger partial charge in [0.2, 0.25) is 5.91 Å². The molecule has 1 atom stereocenters. The van der Waals surface area contributed by atoms with Gasteiger partial charge in [-0.05, 0) is 25.5 Å². The smallest absolute Gasteiger partial charge is 0.259 e. The standard InChI is InChI=1S/C19H22ClN3O4/c1-12(24)18-16(17(21-27-18)14-4-6-15(20)7-5-14)19(26)23-9-3-8-22(10-11-23)13(2)25/h4-7,12,24H,3,8-11H2,1-2H3. The number of aliphatic hydroxyl groups is 1. The van der Waals surface area contributed by atoms with Crippen molar-refractivity contribution in [3.8, 4) is 11.3 Å². The van der Waals surface area contributed by atoms with Crippen molar-refractivity contribution in [3.05, 3.63) is 40.6 Å². The van der Waals surface area contributed by atoms with Crippen molar-refractivity contribution in [1.82, 2.24) is 15.0 Å². The van der Waals surface area contributed by atoms with Crippen LogP contribution >= 0.6 is 11.6 Å². The predicted octanol–water partition coefficient (Wildman–Crippen LogP) is 2.74.